The largest absolute Gasteiger partial charge is 0.496 e. The Bertz CT molecular complexity index is 1120. The summed E-state index contributed by atoms with van der Waals surface area (Å²) in [6.07, 6.45) is 0.0953. The van der Waals surface area contributed by atoms with Crippen LogP contribution in [-0.4, -0.2) is 30.7 Å². The number of ether oxygens (including phenoxy) is 2. The molecule has 0 N–H and O–H groups in total. The van der Waals surface area contributed by atoms with Gasteiger partial charge in [0.05, 0.1) is 30.9 Å². The second-order valence-electron chi connectivity index (χ2n) is 6.16. The Morgan fingerprint density at radius 1 is 1.18 bits per heavy atom. The molecule has 0 spiro atoms. The molecule has 1 amide bonds. The van der Waals surface area contributed by atoms with Crippen LogP contribution in [0.2, 0.25) is 5.02 Å². The van der Waals surface area contributed by atoms with E-state index in [-0.39, 0.29) is 18.9 Å². The van der Waals surface area contributed by atoms with E-state index in [1.807, 2.05) is 25.1 Å². The number of halogens is 1. The van der Waals surface area contributed by atoms with E-state index >= 15 is 0 Å². The number of aryl methyl sites for hydroxylation is 1. The molecule has 1 aromatic heterocycles. The van der Waals surface area contributed by atoms with Gasteiger partial charge < -0.3 is 14.0 Å². The van der Waals surface area contributed by atoms with Crippen molar-refractivity contribution in [3.63, 3.8) is 0 Å². The molecule has 0 saturated carbocycles. The maximum atomic E-state index is 12.6. The van der Waals surface area contributed by atoms with Gasteiger partial charge in [-0.1, -0.05) is 40.6 Å². The smallest absolute Gasteiger partial charge is 0.325 e. The molecule has 8 heteroatoms. The molecule has 146 valence electrons. The zero-order valence-electron chi connectivity index (χ0n) is 15.7. The first-order valence-electron chi connectivity index (χ1n) is 8.48. The summed E-state index contributed by atoms with van der Waals surface area (Å²) in [7, 11) is 2.89. The lowest BCUT2D eigenvalue weighted by atomic mass is 10.1. The number of nitrogens with zero attached hydrogens (tertiary/aromatic N) is 2. The van der Waals surface area contributed by atoms with Gasteiger partial charge in [-0.05, 0) is 31.2 Å². The van der Waals surface area contributed by atoms with Gasteiger partial charge in [0.1, 0.15) is 12.3 Å². The maximum absolute atomic E-state index is 12.6. The molecular weight excluding hydrogens is 400 g/mol. The van der Waals surface area contributed by atoms with Crippen LogP contribution in [0.4, 0.5) is 0 Å². The van der Waals surface area contributed by atoms with Gasteiger partial charge in [-0.25, -0.2) is 0 Å². The summed E-state index contributed by atoms with van der Waals surface area (Å²) < 4.78 is 12.6. The van der Waals surface area contributed by atoms with Gasteiger partial charge in [-0.3, -0.25) is 9.59 Å². The predicted octanol–water partition coefficient (Wildman–Crippen LogP) is 3.52. The Hall–Kier alpha value is -2.64. The second kappa shape index (κ2) is 8.58. The van der Waals surface area contributed by atoms with Crippen LogP contribution in [0.3, 0.4) is 0 Å². The van der Waals surface area contributed by atoms with Crippen LogP contribution in [0.1, 0.15) is 11.1 Å². The summed E-state index contributed by atoms with van der Waals surface area (Å²) in [5.74, 6) is -0.121. The van der Waals surface area contributed by atoms with E-state index in [1.54, 1.807) is 29.9 Å². The number of carbonyl (C=O) groups is 2. The van der Waals surface area contributed by atoms with Gasteiger partial charge in [0.15, 0.2) is 4.80 Å². The number of amides is 1. The van der Waals surface area contributed by atoms with Crippen molar-refractivity contribution in [1.82, 2.24) is 4.57 Å². The van der Waals surface area contributed by atoms with Crippen molar-refractivity contribution in [2.45, 2.75) is 19.9 Å². The van der Waals surface area contributed by atoms with E-state index < -0.39 is 5.97 Å². The lowest BCUT2D eigenvalue weighted by molar-refractivity contribution is -0.141. The summed E-state index contributed by atoms with van der Waals surface area (Å²) in [5.41, 5.74) is 2.56. The molecule has 6 nitrogen and oxygen atoms in total. The molecule has 3 aromatic rings. The fraction of sp³-hybridized carbons (Fsp3) is 0.250. The van der Waals surface area contributed by atoms with Crippen LogP contribution in [0.5, 0.6) is 5.75 Å². The molecule has 0 aliphatic heterocycles. The van der Waals surface area contributed by atoms with Gasteiger partial charge in [0, 0.05) is 10.6 Å². The van der Waals surface area contributed by atoms with Gasteiger partial charge in [-0.2, -0.15) is 4.99 Å². The van der Waals surface area contributed by atoms with Gasteiger partial charge in [0.25, 0.3) is 5.91 Å². The molecule has 0 aliphatic rings. The number of fused-ring (bicyclic) bond motifs is 1. The van der Waals surface area contributed by atoms with Crippen molar-refractivity contribution in [3.05, 3.63) is 57.3 Å². The SMILES string of the molecule is COC(=O)Cn1c(=NC(=O)Cc2cc(C)ccc2OC)sc2cc(Cl)ccc21. The van der Waals surface area contributed by atoms with Crippen molar-refractivity contribution in [3.8, 4) is 5.75 Å². The van der Waals surface area contributed by atoms with Crippen LogP contribution in [0.15, 0.2) is 41.4 Å². The van der Waals surface area contributed by atoms with Crippen molar-refractivity contribution >= 4 is 45.0 Å². The molecular formula is C20H19ClN2O4S. The molecule has 0 unspecified atom stereocenters. The Morgan fingerprint density at radius 3 is 2.68 bits per heavy atom. The number of thiazole rings is 1. The van der Waals surface area contributed by atoms with E-state index in [0.717, 1.165) is 21.3 Å². The lowest BCUT2D eigenvalue weighted by Crippen LogP contribution is -2.22. The minimum Gasteiger partial charge on any atom is -0.496 e. The third-order valence-corrected chi connectivity index (χ3v) is 5.43. The van der Waals surface area contributed by atoms with Gasteiger partial charge >= 0.3 is 5.97 Å². The lowest BCUT2D eigenvalue weighted by Gasteiger charge is -2.07. The highest BCUT2D eigenvalue weighted by Crippen LogP contribution is 2.23. The van der Waals surface area contributed by atoms with Crippen molar-refractivity contribution in [1.29, 1.82) is 0 Å². The second-order valence-corrected chi connectivity index (χ2v) is 7.60. The Balaban J connectivity index is 2.03. The predicted molar refractivity (Wildman–Crippen MR) is 109 cm³/mol. The van der Waals surface area contributed by atoms with Crippen LogP contribution in [-0.2, 0) is 27.3 Å². The Morgan fingerprint density at radius 2 is 1.96 bits per heavy atom. The van der Waals surface area contributed by atoms with Crippen molar-refractivity contribution in [2.24, 2.45) is 4.99 Å². The molecule has 0 radical (unpaired) electrons. The van der Waals surface area contributed by atoms with E-state index in [1.165, 1.54) is 18.4 Å². The number of hydrogen-bond donors (Lipinski definition) is 0. The van der Waals surface area contributed by atoms with Crippen LogP contribution in [0.25, 0.3) is 10.2 Å². The van der Waals surface area contributed by atoms with E-state index in [4.69, 9.17) is 21.1 Å². The average molecular weight is 419 g/mol. The Kier molecular flexibility index (Phi) is 6.16. The van der Waals surface area contributed by atoms with Crippen molar-refractivity contribution < 1.29 is 19.1 Å². The number of esters is 1. The third-order valence-electron chi connectivity index (χ3n) is 4.16. The molecule has 0 atom stereocenters. The van der Waals surface area contributed by atoms with Crippen LogP contribution >= 0.6 is 22.9 Å². The van der Waals surface area contributed by atoms with E-state index in [9.17, 15) is 9.59 Å². The maximum Gasteiger partial charge on any atom is 0.325 e. The Labute approximate surface area is 171 Å². The number of aromatic nitrogens is 1. The molecule has 2 aromatic carbocycles. The number of rotatable bonds is 5. The minimum absolute atomic E-state index is 0.0436. The highest BCUT2D eigenvalue weighted by atomic mass is 35.5. The quantitative estimate of drug-likeness (QED) is 0.594. The molecule has 0 fully saturated rings. The van der Waals surface area contributed by atoms with Crippen LogP contribution in [0, 0.1) is 6.92 Å². The molecule has 28 heavy (non-hydrogen) atoms. The third kappa shape index (κ3) is 4.43. The molecule has 1 heterocycles. The molecule has 0 bridgehead atoms. The van der Waals surface area contributed by atoms with E-state index in [2.05, 4.69) is 4.99 Å². The van der Waals surface area contributed by atoms with Gasteiger partial charge in [0.2, 0.25) is 0 Å². The molecule has 0 saturated heterocycles. The summed E-state index contributed by atoms with van der Waals surface area (Å²) >= 11 is 7.36. The zero-order valence-corrected chi connectivity index (χ0v) is 17.3. The summed E-state index contributed by atoms with van der Waals surface area (Å²) in [6, 6.07) is 11.0. The van der Waals surface area contributed by atoms with Crippen LogP contribution < -0.4 is 9.54 Å². The topological polar surface area (TPSA) is 69.9 Å². The highest BCUT2D eigenvalue weighted by molar-refractivity contribution is 7.16. The zero-order chi connectivity index (χ0) is 20.3. The monoisotopic (exact) mass is 418 g/mol. The van der Waals surface area contributed by atoms with Crippen molar-refractivity contribution in [2.75, 3.05) is 14.2 Å². The highest BCUT2D eigenvalue weighted by Gasteiger charge is 2.13. The molecule has 0 aliphatic carbocycles. The summed E-state index contributed by atoms with van der Waals surface area (Å²) in [5, 5.41) is 0.571. The number of carbonyl (C=O) groups excluding carboxylic acids is 2. The average Bonchev–Trinajstić information content (AvgIpc) is 2.97. The van der Waals surface area contributed by atoms with E-state index in [0.29, 0.717) is 15.6 Å². The first-order valence-corrected chi connectivity index (χ1v) is 9.67. The fourth-order valence-electron chi connectivity index (χ4n) is 2.83. The number of hydrogen-bond acceptors (Lipinski definition) is 5. The fourth-order valence-corrected chi connectivity index (χ4v) is 4.16. The van der Waals surface area contributed by atoms with Gasteiger partial charge in [-0.15, -0.1) is 0 Å². The molecule has 3 rings (SSSR count). The number of benzene rings is 2. The standard InChI is InChI=1S/C20H19ClN2O4S/c1-12-4-7-16(26-2)13(8-12)9-18(24)22-20-23(11-19(25)27-3)15-6-5-14(21)10-17(15)28-20/h4-8,10H,9,11H2,1-3H3. The minimum atomic E-state index is -0.427. The summed E-state index contributed by atoms with van der Waals surface area (Å²) in [4.78, 5) is 29.1. The first kappa shape index (κ1) is 20.1. The number of methoxy groups -OCH3 is 2. The normalized spacial score (nSPS) is 11.6. The first-order chi connectivity index (χ1) is 13.4. The summed E-state index contributed by atoms with van der Waals surface area (Å²) in [6.45, 7) is 1.91.